The van der Waals surface area contributed by atoms with Crippen LogP contribution in [-0.2, 0) is 9.53 Å². The van der Waals surface area contributed by atoms with Crippen LogP contribution in [0.5, 0.6) is 0 Å². The highest BCUT2D eigenvalue weighted by molar-refractivity contribution is 5.79. The molecule has 0 spiro atoms. The van der Waals surface area contributed by atoms with Gasteiger partial charge in [0.1, 0.15) is 0 Å². The highest BCUT2D eigenvalue weighted by Gasteiger charge is 2.45. The molecule has 1 unspecified atom stereocenters. The third-order valence-corrected chi connectivity index (χ3v) is 3.50. The van der Waals surface area contributed by atoms with Crippen LogP contribution in [0.3, 0.4) is 0 Å². The SMILES string of the molecule is CN1CCC(C2(/C=C/C(=O)O)COC2)C1. The Kier molecular flexibility index (Phi) is 2.80. The van der Waals surface area contributed by atoms with Gasteiger partial charge in [-0.05, 0) is 25.9 Å². The lowest BCUT2D eigenvalue weighted by atomic mass is 9.73. The Hall–Kier alpha value is -0.870. The number of carbonyl (C=O) groups is 1. The van der Waals surface area contributed by atoms with Crippen LogP contribution in [0.2, 0.25) is 0 Å². The van der Waals surface area contributed by atoms with E-state index in [1.165, 1.54) is 6.08 Å². The summed E-state index contributed by atoms with van der Waals surface area (Å²) < 4.78 is 5.26. The van der Waals surface area contributed by atoms with Crippen LogP contribution < -0.4 is 0 Å². The van der Waals surface area contributed by atoms with Gasteiger partial charge >= 0.3 is 5.97 Å². The average Bonchev–Trinajstić information content (AvgIpc) is 2.50. The third kappa shape index (κ3) is 2.06. The molecule has 0 aromatic heterocycles. The number of aliphatic carboxylic acids is 1. The maximum atomic E-state index is 10.5. The molecule has 4 nitrogen and oxygen atoms in total. The van der Waals surface area contributed by atoms with Crippen molar-refractivity contribution < 1.29 is 14.6 Å². The lowest BCUT2D eigenvalue weighted by molar-refractivity contribution is -0.132. The maximum Gasteiger partial charge on any atom is 0.328 e. The standard InChI is InChI=1S/C11H17NO3/c1-12-5-3-9(6-12)11(7-15-8-11)4-2-10(13)14/h2,4,9H,3,5-8H2,1H3,(H,13,14)/b4-2+. The molecule has 2 rings (SSSR count). The largest absolute Gasteiger partial charge is 0.478 e. The molecule has 1 N–H and O–H groups in total. The summed E-state index contributed by atoms with van der Waals surface area (Å²) >= 11 is 0. The average molecular weight is 211 g/mol. The molecule has 0 saturated carbocycles. The first-order valence-corrected chi connectivity index (χ1v) is 5.31. The zero-order valence-corrected chi connectivity index (χ0v) is 8.98. The molecule has 0 radical (unpaired) electrons. The summed E-state index contributed by atoms with van der Waals surface area (Å²) in [6.45, 7) is 3.51. The van der Waals surface area contributed by atoms with Gasteiger partial charge in [0.05, 0.1) is 13.2 Å². The fourth-order valence-corrected chi connectivity index (χ4v) is 2.45. The molecule has 0 bridgehead atoms. The van der Waals surface area contributed by atoms with Crippen molar-refractivity contribution in [2.75, 3.05) is 33.4 Å². The highest BCUT2D eigenvalue weighted by Crippen LogP contribution is 2.41. The molecule has 0 aromatic carbocycles. The van der Waals surface area contributed by atoms with Gasteiger partial charge in [-0.3, -0.25) is 0 Å². The number of ether oxygens (including phenoxy) is 1. The van der Waals surface area contributed by atoms with E-state index in [-0.39, 0.29) is 5.41 Å². The lowest BCUT2D eigenvalue weighted by Gasteiger charge is -2.43. The highest BCUT2D eigenvalue weighted by atomic mass is 16.5. The molecular formula is C11H17NO3. The van der Waals surface area contributed by atoms with Crippen molar-refractivity contribution in [1.29, 1.82) is 0 Å². The van der Waals surface area contributed by atoms with Crippen LogP contribution in [0.25, 0.3) is 0 Å². The fourth-order valence-electron chi connectivity index (χ4n) is 2.45. The molecule has 0 aliphatic carbocycles. The lowest BCUT2D eigenvalue weighted by Crippen LogP contribution is -2.47. The second kappa shape index (κ2) is 3.94. The zero-order chi connectivity index (χ0) is 10.9. The van der Waals surface area contributed by atoms with Crippen molar-refractivity contribution in [2.24, 2.45) is 11.3 Å². The summed E-state index contributed by atoms with van der Waals surface area (Å²) in [7, 11) is 2.11. The van der Waals surface area contributed by atoms with Gasteiger partial charge in [0.2, 0.25) is 0 Å². The molecular weight excluding hydrogens is 194 g/mol. The van der Waals surface area contributed by atoms with E-state index in [9.17, 15) is 4.79 Å². The molecule has 0 aromatic rings. The summed E-state index contributed by atoms with van der Waals surface area (Å²) in [5, 5.41) is 8.65. The Bertz CT molecular complexity index is 284. The molecule has 1 atom stereocenters. The van der Waals surface area contributed by atoms with E-state index in [0.717, 1.165) is 19.5 Å². The van der Waals surface area contributed by atoms with Crippen molar-refractivity contribution in [1.82, 2.24) is 4.90 Å². The number of rotatable bonds is 3. The number of hydrogen-bond donors (Lipinski definition) is 1. The van der Waals surface area contributed by atoms with Crippen LogP contribution in [0.4, 0.5) is 0 Å². The normalized spacial score (nSPS) is 30.6. The molecule has 2 heterocycles. The first-order valence-electron chi connectivity index (χ1n) is 5.31. The molecule has 2 fully saturated rings. The molecule has 2 saturated heterocycles. The Labute approximate surface area is 89.5 Å². The van der Waals surface area contributed by atoms with Gasteiger partial charge < -0.3 is 14.7 Å². The molecule has 2 aliphatic rings. The van der Waals surface area contributed by atoms with Gasteiger partial charge in [-0.1, -0.05) is 6.08 Å². The van der Waals surface area contributed by atoms with Gasteiger partial charge in [0.25, 0.3) is 0 Å². The van der Waals surface area contributed by atoms with Crippen molar-refractivity contribution in [3.8, 4) is 0 Å². The first-order chi connectivity index (χ1) is 7.12. The van der Waals surface area contributed by atoms with Crippen LogP contribution in [0.1, 0.15) is 6.42 Å². The monoisotopic (exact) mass is 211 g/mol. The van der Waals surface area contributed by atoms with Crippen LogP contribution in [0.15, 0.2) is 12.2 Å². The number of likely N-dealkylation sites (tertiary alicyclic amines) is 1. The van der Waals surface area contributed by atoms with Crippen LogP contribution >= 0.6 is 0 Å². The molecule has 2 aliphatic heterocycles. The first kappa shape index (κ1) is 10.6. The van der Waals surface area contributed by atoms with Gasteiger partial charge in [-0.15, -0.1) is 0 Å². The van der Waals surface area contributed by atoms with Crippen molar-refractivity contribution in [2.45, 2.75) is 6.42 Å². The van der Waals surface area contributed by atoms with E-state index in [0.29, 0.717) is 19.1 Å². The van der Waals surface area contributed by atoms with E-state index < -0.39 is 5.97 Å². The van der Waals surface area contributed by atoms with Gasteiger partial charge in [0, 0.05) is 18.0 Å². The van der Waals surface area contributed by atoms with Gasteiger partial charge in [-0.25, -0.2) is 4.79 Å². The smallest absolute Gasteiger partial charge is 0.328 e. The number of nitrogens with zero attached hydrogens (tertiary/aromatic N) is 1. The fraction of sp³-hybridized carbons (Fsp3) is 0.727. The predicted octanol–water partition coefficient (Wildman–Crippen LogP) is 0.596. The summed E-state index contributed by atoms with van der Waals surface area (Å²) in [4.78, 5) is 12.8. The summed E-state index contributed by atoms with van der Waals surface area (Å²) in [5.41, 5.74) is -0.0108. The minimum Gasteiger partial charge on any atom is -0.478 e. The molecule has 4 heteroatoms. The van der Waals surface area contributed by atoms with Crippen molar-refractivity contribution >= 4 is 5.97 Å². The van der Waals surface area contributed by atoms with Gasteiger partial charge in [-0.2, -0.15) is 0 Å². The predicted molar refractivity (Wildman–Crippen MR) is 55.6 cm³/mol. The Morgan fingerprint density at radius 3 is 2.73 bits per heavy atom. The summed E-state index contributed by atoms with van der Waals surface area (Å²) in [6, 6.07) is 0. The minimum absolute atomic E-state index is 0.0108. The van der Waals surface area contributed by atoms with Gasteiger partial charge in [0.15, 0.2) is 0 Å². The number of carboxylic acid groups (broad SMARTS) is 1. The molecule has 84 valence electrons. The Balaban J connectivity index is 2.05. The van der Waals surface area contributed by atoms with E-state index >= 15 is 0 Å². The minimum atomic E-state index is -0.868. The quantitative estimate of drug-likeness (QED) is 0.694. The van der Waals surface area contributed by atoms with E-state index in [4.69, 9.17) is 9.84 Å². The summed E-state index contributed by atoms with van der Waals surface area (Å²) in [5.74, 6) is -0.320. The topological polar surface area (TPSA) is 49.8 Å². The molecule has 15 heavy (non-hydrogen) atoms. The van der Waals surface area contributed by atoms with Crippen LogP contribution in [-0.4, -0.2) is 49.3 Å². The van der Waals surface area contributed by atoms with Crippen molar-refractivity contribution in [3.05, 3.63) is 12.2 Å². The Morgan fingerprint density at radius 1 is 1.60 bits per heavy atom. The number of carboxylic acids is 1. The molecule has 0 amide bonds. The van der Waals surface area contributed by atoms with Crippen molar-refractivity contribution in [3.63, 3.8) is 0 Å². The Morgan fingerprint density at radius 2 is 2.33 bits per heavy atom. The van der Waals surface area contributed by atoms with E-state index in [2.05, 4.69) is 11.9 Å². The van der Waals surface area contributed by atoms with Crippen LogP contribution in [0, 0.1) is 11.3 Å². The summed E-state index contributed by atoms with van der Waals surface area (Å²) in [6.07, 6.45) is 4.24. The van der Waals surface area contributed by atoms with E-state index in [1.807, 2.05) is 6.08 Å². The third-order valence-electron chi connectivity index (χ3n) is 3.50. The second-order valence-electron chi connectivity index (χ2n) is 4.65. The number of hydrogen-bond acceptors (Lipinski definition) is 3. The maximum absolute atomic E-state index is 10.5. The second-order valence-corrected chi connectivity index (χ2v) is 4.65. The zero-order valence-electron chi connectivity index (χ0n) is 8.98. The van der Waals surface area contributed by atoms with E-state index in [1.54, 1.807) is 0 Å².